The van der Waals surface area contributed by atoms with Crippen molar-refractivity contribution >= 4 is 17.6 Å². The van der Waals surface area contributed by atoms with E-state index < -0.39 is 11.5 Å². The van der Waals surface area contributed by atoms with Gasteiger partial charge in [0.25, 0.3) is 0 Å². The third kappa shape index (κ3) is 5.19. The number of rotatable bonds is 8. The van der Waals surface area contributed by atoms with Crippen molar-refractivity contribution in [2.75, 3.05) is 11.4 Å². The minimum absolute atomic E-state index is 0.0334. The van der Waals surface area contributed by atoms with Gasteiger partial charge in [-0.2, -0.15) is 0 Å². The Morgan fingerprint density at radius 1 is 1.29 bits per heavy atom. The van der Waals surface area contributed by atoms with Gasteiger partial charge >= 0.3 is 5.97 Å². The fourth-order valence-electron chi connectivity index (χ4n) is 2.28. The lowest BCUT2D eigenvalue weighted by molar-refractivity contribution is -0.137. The van der Waals surface area contributed by atoms with Gasteiger partial charge in [0.05, 0.1) is 5.54 Å². The van der Waals surface area contributed by atoms with E-state index >= 15 is 0 Å². The van der Waals surface area contributed by atoms with Crippen LogP contribution in [0.25, 0.3) is 0 Å². The average molecular weight is 292 g/mol. The molecule has 1 atom stereocenters. The molecule has 1 unspecified atom stereocenters. The van der Waals surface area contributed by atoms with Crippen molar-refractivity contribution in [2.45, 2.75) is 45.1 Å². The van der Waals surface area contributed by atoms with Crippen LogP contribution in [0.1, 0.15) is 39.5 Å². The summed E-state index contributed by atoms with van der Waals surface area (Å²) in [6.07, 6.45) is 1.84. The van der Waals surface area contributed by atoms with E-state index in [0.717, 1.165) is 12.1 Å². The zero-order chi connectivity index (χ0) is 15.9. The molecule has 0 aliphatic heterocycles. The molecular formula is C16H24N2O3. The number of nitrogens with zero attached hydrogens (tertiary/aromatic N) is 1. The van der Waals surface area contributed by atoms with Gasteiger partial charge in [0.1, 0.15) is 0 Å². The zero-order valence-corrected chi connectivity index (χ0v) is 12.7. The Morgan fingerprint density at radius 3 is 2.43 bits per heavy atom. The maximum Gasteiger partial charge on any atom is 0.303 e. The topological polar surface area (TPSA) is 83.6 Å². The Bertz CT molecular complexity index is 472. The van der Waals surface area contributed by atoms with Crippen LogP contribution in [-0.4, -0.2) is 29.1 Å². The minimum Gasteiger partial charge on any atom is -0.481 e. The Labute approximate surface area is 125 Å². The number of anilines is 1. The highest BCUT2D eigenvalue weighted by atomic mass is 16.4. The second-order valence-corrected chi connectivity index (χ2v) is 5.46. The van der Waals surface area contributed by atoms with E-state index in [1.54, 1.807) is 11.8 Å². The maximum atomic E-state index is 12.7. The molecule has 1 aromatic rings. The molecule has 0 bridgehead atoms. The van der Waals surface area contributed by atoms with E-state index in [1.165, 1.54) is 0 Å². The number of amides is 1. The van der Waals surface area contributed by atoms with E-state index in [-0.39, 0.29) is 12.3 Å². The number of carboxylic acids is 1. The third-order valence-electron chi connectivity index (χ3n) is 3.34. The number of carbonyl (C=O) groups is 2. The Hall–Kier alpha value is -1.88. The molecular weight excluding hydrogens is 268 g/mol. The molecule has 3 N–H and O–H groups in total. The number of nitrogens with two attached hydrogens (primary N) is 1. The first kappa shape index (κ1) is 17.2. The third-order valence-corrected chi connectivity index (χ3v) is 3.34. The molecule has 0 fully saturated rings. The van der Waals surface area contributed by atoms with Crippen LogP contribution >= 0.6 is 0 Å². The highest BCUT2D eigenvalue weighted by Crippen LogP contribution is 2.20. The van der Waals surface area contributed by atoms with Crippen LogP contribution in [-0.2, 0) is 9.59 Å². The van der Waals surface area contributed by atoms with Crippen molar-refractivity contribution in [3.05, 3.63) is 30.3 Å². The summed E-state index contributed by atoms with van der Waals surface area (Å²) in [5, 5.41) is 8.75. The van der Waals surface area contributed by atoms with Crippen LogP contribution in [0.15, 0.2) is 30.3 Å². The maximum absolute atomic E-state index is 12.7. The lowest BCUT2D eigenvalue weighted by atomic mass is 9.95. The molecule has 0 heterocycles. The van der Waals surface area contributed by atoms with Gasteiger partial charge in [-0.3, -0.25) is 9.59 Å². The number of aliphatic carboxylic acids is 1. The summed E-state index contributed by atoms with van der Waals surface area (Å²) in [7, 11) is 0. The van der Waals surface area contributed by atoms with Crippen molar-refractivity contribution in [1.29, 1.82) is 0 Å². The fraction of sp³-hybridized carbons (Fsp3) is 0.500. The molecule has 1 aromatic carbocycles. The van der Waals surface area contributed by atoms with Crippen LogP contribution in [0.5, 0.6) is 0 Å². The quantitative estimate of drug-likeness (QED) is 0.770. The Kier molecular flexibility index (Phi) is 6.37. The highest BCUT2D eigenvalue weighted by Gasteiger charge is 2.32. The molecule has 1 rings (SSSR count). The van der Waals surface area contributed by atoms with Gasteiger partial charge in [-0.05, 0) is 31.9 Å². The zero-order valence-electron chi connectivity index (χ0n) is 12.7. The SMILES string of the molecule is CCCC(C)(N)C(=O)N(CCCC(=O)O)c1ccccc1. The first-order valence-electron chi connectivity index (χ1n) is 7.26. The van der Waals surface area contributed by atoms with E-state index in [9.17, 15) is 9.59 Å². The van der Waals surface area contributed by atoms with E-state index in [4.69, 9.17) is 10.8 Å². The molecule has 0 aromatic heterocycles. The number of hydrogen-bond acceptors (Lipinski definition) is 3. The first-order valence-corrected chi connectivity index (χ1v) is 7.26. The molecule has 0 aliphatic carbocycles. The minimum atomic E-state index is -0.937. The van der Waals surface area contributed by atoms with Crippen LogP contribution in [0.4, 0.5) is 5.69 Å². The smallest absolute Gasteiger partial charge is 0.303 e. The predicted molar refractivity (Wildman–Crippen MR) is 83.2 cm³/mol. The first-order chi connectivity index (χ1) is 9.88. The van der Waals surface area contributed by atoms with Crippen LogP contribution in [0.3, 0.4) is 0 Å². The van der Waals surface area contributed by atoms with Gasteiger partial charge in [-0.15, -0.1) is 0 Å². The van der Waals surface area contributed by atoms with Crippen LogP contribution in [0, 0.1) is 0 Å². The standard InChI is InChI=1S/C16H24N2O3/c1-3-11-16(2,17)15(21)18(12-7-10-14(19)20)13-8-5-4-6-9-13/h4-6,8-9H,3,7,10-12,17H2,1-2H3,(H,19,20). The monoisotopic (exact) mass is 292 g/mol. The second kappa shape index (κ2) is 7.78. The summed E-state index contributed by atoms with van der Waals surface area (Å²) in [6.45, 7) is 4.06. The molecule has 0 saturated heterocycles. The summed E-state index contributed by atoms with van der Waals surface area (Å²) in [6, 6.07) is 9.24. The summed E-state index contributed by atoms with van der Waals surface area (Å²) < 4.78 is 0. The van der Waals surface area contributed by atoms with Gasteiger partial charge < -0.3 is 15.7 Å². The van der Waals surface area contributed by atoms with Crippen molar-refractivity contribution in [2.24, 2.45) is 5.73 Å². The lowest BCUT2D eigenvalue weighted by Gasteiger charge is -2.31. The van der Waals surface area contributed by atoms with Crippen molar-refractivity contribution in [3.8, 4) is 0 Å². The molecule has 0 radical (unpaired) electrons. The average Bonchev–Trinajstić information content (AvgIpc) is 2.43. The Morgan fingerprint density at radius 2 is 1.90 bits per heavy atom. The second-order valence-electron chi connectivity index (χ2n) is 5.46. The van der Waals surface area contributed by atoms with Gasteiger partial charge in [0.15, 0.2) is 0 Å². The molecule has 116 valence electrons. The molecule has 0 saturated carbocycles. The molecule has 0 aliphatic rings. The Balaban J connectivity index is 2.91. The van der Waals surface area contributed by atoms with Crippen molar-refractivity contribution in [1.82, 2.24) is 0 Å². The highest BCUT2D eigenvalue weighted by molar-refractivity contribution is 5.99. The van der Waals surface area contributed by atoms with E-state index in [0.29, 0.717) is 19.4 Å². The molecule has 5 heteroatoms. The van der Waals surface area contributed by atoms with Crippen LogP contribution < -0.4 is 10.6 Å². The van der Waals surface area contributed by atoms with Crippen molar-refractivity contribution < 1.29 is 14.7 Å². The number of benzene rings is 1. The fourth-order valence-corrected chi connectivity index (χ4v) is 2.28. The van der Waals surface area contributed by atoms with Gasteiger partial charge in [-0.1, -0.05) is 31.5 Å². The van der Waals surface area contributed by atoms with Gasteiger partial charge in [0.2, 0.25) is 5.91 Å². The molecule has 21 heavy (non-hydrogen) atoms. The largest absolute Gasteiger partial charge is 0.481 e. The molecule has 5 nitrogen and oxygen atoms in total. The van der Waals surface area contributed by atoms with E-state index in [1.807, 2.05) is 37.3 Å². The lowest BCUT2D eigenvalue weighted by Crippen LogP contribution is -2.53. The van der Waals surface area contributed by atoms with E-state index in [2.05, 4.69) is 0 Å². The predicted octanol–water partition coefficient (Wildman–Crippen LogP) is 2.40. The normalized spacial score (nSPS) is 13.5. The summed E-state index contributed by atoms with van der Waals surface area (Å²) in [4.78, 5) is 24.9. The van der Waals surface area contributed by atoms with Gasteiger partial charge in [-0.25, -0.2) is 0 Å². The number of carboxylic acid groups (broad SMARTS) is 1. The number of hydrogen-bond donors (Lipinski definition) is 2. The summed E-state index contributed by atoms with van der Waals surface area (Å²) in [5.74, 6) is -1.03. The van der Waals surface area contributed by atoms with Gasteiger partial charge in [0, 0.05) is 18.7 Å². The molecule has 0 spiro atoms. The molecule has 1 amide bonds. The van der Waals surface area contributed by atoms with Crippen LogP contribution in [0.2, 0.25) is 0 Å². The van der Waals surface area contributed by atoms with Crippen molar-refractivity contribution in [3.63, 3.8) is 0 Å². The summed E-state index contributed by atoms with van der Waals surface area (Å²) >= 11 is 0. The summed E-state index contributed by atoms with van der Waals surface area (Å²) in [5.41, 5.74) is 5.95. The number of para-hydroxylation sites is 1. The number of carbonyl (C=O) groups excluding carboxylic acids is 1.